The number of carbonyl (C=O) groups is 2. The van der Waals surface area contributed by atoms with Gasteiger partial charge in [-0.05, 0) is 73.2 Å². The summed E-state index contributed by atoms with van der Waals surface area (Å²) in [6.07, 6.45) is 0. The van der Waals surface area contributed by atoms with Gasteiger partial charge in [-0.2, -0.15) is 0 Å². The maximum absolute atomic E-state index is 12.8. The van der Waals surface area contributed by atoms with Gasteiger partial charge < -0.3 is 15.0 Å². The molecule has 0 radical (unpaired) electrons. The van der Waals surface area contributed by atoms with Crippen LogP contribution < -0.4 is 10.1 Å². The molecule has 0 bridgehead atoms. The molecule has 2 amide bonds. The van der Waals surface area contributed by atoms with Gasteiger partial charge in [-0.3, -0.25) is 9.59 Å². The third kappa shape index (κ3) is 6.86. The first kappa shape index (κ1) is 21.2. The number of hydrogen-bond acceptors (Lipinski definition) is 3. The molecule has 0 saturated carbocycles. The third-order valence-corrected chi connectivity index (χ3v) is 4.69. The number of hydrogen-bond donors (Lipinski definition) is 1. The molecular formula is C21H25IN2O3. The molecule has 0 spiro atoms. The number of amides is 2. The summed E-state index contributed by atoms with van der Waals surface area (Å²) in [5.41, 5.74) is 0.962. The minimum atomic E-state index is -0.597. The second-order valence-corrected chi connectivity index (χ2v) is 7.83. The molecule has 1 unspecified atom stereocenters. The predicted octanol–water partition coefficient (Wildman–Crippen LogP) is 3.61. The van der Waals surface area contributed by atoms with E-state index in [0.29, 0.717) is 12.3 Å². The van der Waals surface area contributed by atoms with E-state index in [1.54, 1.807) is 11.8 Å². The monoisotopic (exact) mass is 480 g/mol. The Hall–Kier alpha value is -2.09. The van der Waals surface area contributed by atoms with Crippen LogP contribution in [0.1, 0.15) is 26.3 Å². The van der Waals surface area contributed by atoms with E-state index in [2.05, 4.69) is 27.9 Å². The molecule has 1 atom stereocenters. The molecule has 6 heteroatoms. The highest BCUT2D eigenvalue weighted by Gasteiger charge is 2.26. The molecule has 0 aliphatic rings. The lowest BCUT2D eigenvalue weighted by Crippen LogP contribution is -2.50. The predicted molar refractivity (Wildman–Crippen MR) is 114 cm³/mol. The Morgan fingerprint density at radius 3 is 2.26 bits per heavy atom. The summed E-state index contributed by atoms with van der Waals surface area (Å²) in [6.45, 7) is 5.76. The van der Waals surface area contributed by atoms with E-state index in [-0.39, 0.29) is 24.5 Å². The average molecular weight is 480 g/mol. The molecule has 0 aliphatic heterocycles. The standard InChI is InChI=1S/C21H25IN2O3/c1-15(2)23-21(26)16(3)24(13-17-7-5-4-6-8-17)20(25)14-27-19-11-9-18(22)10-12-19/h4-12,15-16H,13-14H2,1-3H3,(H,23,26). The van der Waals surface area contributed by atoms with Crippen LogP contribution in [0.4, 0.5) is 0 Å². The fraction of sp³-hybridized carbons (Fsp3) is 0.333. The Morgan fingerprint density at radius 2 is 1.67 bits per heavy atom. The van der Waals surface area contributed by atoms with Crippen molar-refractivity contribution in [3.8, 4) is 5.75 Å². The van der Waals surface area contributed by atoms with Crippen LogP contribution in [-0.4, -0.2) is 35.4 Å². The van der Waals surface area contributed by atoms with Crippen LogP contribution in [0, 0.1) is 3.57 Å². The Balaban J connectivity index is 2.10. The van der Waals surface area contributed by atoms with Gasteiger partial charge in [0.1, 0.15) is 11.8 Å². The number of rotatable bonds is 8. The molecule has 144 valence electrons. The lowest BCUT2D eigenvalue weighted by Gasteiger charge is -2.29. The van der Waals surface area contributed by atoms with Gasteiger partial charge in [0.05, 0.1) is 0 Å². The maximum atomic E-state index is 12.8. The van der Waals surface area contributed by atoms with Gasteiger partial charge in [0.15, 0.2) is 6.61 Å². The largest absolute Gasteiger partial charge is 0.484 e. The minimum absolute atomic E-state index is 0.0108. The summed E-state index contributed by atoms with van der Waals surface area (Å²) in [5, 5.41) is 2.87. The van der Waals surface area contributed by atoms with Gasteiger partial charge in [-0.15, -0.1) is 0 Å². The first-order valence-corrected chi connectivity index (χ1v) is 9.97. The highest BCUT2D eigenvalue weighted by atomic mass is 127. The SMILES string of the molecule is CC(C)NC(=O)C(C)N(Cc1ccccc1)C(=O)COc1ccc(I)cc1. The van der Waals surface area contributed by atoms with Crippen molar-refractivity contribution in [2.75, 3.05) is 6.61 Å². The zero-order valence-electron chi connectivity index (χ0n) is 15.8. The van der Waals surface area contributed by atoms with Crippen molar-refractivity contribution >= 4 is 34.4 Å². The number of nitrogens with one attached hydrogen (secondary N) is 1. The highest BCUT2D eigenvalue weighted by molar-refractivity contribution is 14.1. The first-order valence-electron chi connectivity index (χ1n) is 8.89. The maximum Gasteiger partial charge on any atom is 0.261 e. The number of benzene rings is 2. The molecule has 0 aliphatic carbocycles. The molecule has 0 heterocycles. The van der Waals surface area contributed by atoms with Crippen molar-refractivity contribution in [3.05, 3.63) is 63.7 Å². The van der Waals surface area contributed by atoms with E-state index < -0.39 is 6.04 Å². The number of halogens is 1. The third-order valence-electron chi connectivity index (χ3n) is 3.97. The lowest BCUT2D eigenvalue weighted by molar-refractivity contribution is -0.142. The van der Waals surface area contributed by atoms with Gasteiger partial charge >= 0.3 is 0 Å². The molecule has 2 aromatic rings. The van der Waals surface area contributed by atoms with Crippen LogP contribution in [0.15, 0.2) is 54.6 Å². The Morgan fingerprint density at radius 1 is 1.04 bits per heavy atom. The summed E-state index contributed by atoms with van der Waals surface area (Å²) in [7, 11) is 0. The molecule has 27 heavy (non-hydrogen) atoms. The Labute approximate surface area is 174 Å². The van der Waals surface area contributed by atoms with Crippen LogP contribution in [0.3, 0.4) is 0 Å². The number of ether oxygens (including phenoxy) is 1. The zero-order chi connectivity index (χ0) is 19.8. The summed E-state index contributed by atoms with van der Waals surface area (Å²) < 4.78 is 6.72. The van der Waals surface area contributed by atoms with Crippen molar-refractivity contribution in [3.63, 3.8) is 0 Å². The second-order valence-electron chi connectivity index (χ2n) is 6.59. The van der Waals surface area contributed by atoms with Crippen molar-refractivity contribution in [1.29, 1.82) is 0 Å². The van der Waals surface area contributed by atoms with Crippen LogP contribution in [0.5, 0.6) is 5.75 Å². The van der Waals surface area contributed by atoms with Crippen LogP contribution in [0.2, 0.25) is 0 Å². The fourth-order valence-electron chi connectivity index (χ4n) is 2.53. The van der Waals surface area contributed by atoms with Crippen LogP contribution in [-0.2, 0) is 16.1 Å². The smallest absolute Gasteiger partial charge is 0.261 e. The van der Waals surface area contributed by atoms with E-state index in [4.69, 9.17) is 4.74 Å². The Kier molecular flexibility index (Phi) is 8.09. The zero-order valence-corrected chi connectivity index (χ0v) is 18.0. The van der Waals surface area contributed by atoms with E-state index in [1.807, 2.05) is 68.4 Å². The van der Waals surface area contributed by atoms with Gasteiger partial charge in [0, 0.05) is 16.2 Å². The molecule has 2 aromatic carbocycles. The summed E-state index contributed by atoms with van der Waals surface area (Å²) in [6, 6.07) is 16.5. The highest BCUT2D eigenvalue weighted by Crippen LogP contribution is 2.15. The Bertz CT molecular complexity index is 748. The number of carbonyl (C=O) groups excluding carboxylic acids is 2. The van der Waals surface area contributed by atoms with Crippen molar-refractivity contribution < 1.29 is 14.3 Å². The van der Waals surface area contributed by atoms with Gasteiger partial charge in [0.25, 0.3) is 5.91 Å². The van der Waals surface area contributed by atoms with Crippen LogP contribution in [0.25, 0.3) is 0 Å². The topological polar surface area (TPSA) is 58.6 Å². The molecule has 0 aromatic heterocycles. The number of nitrogens with zero attached hydrogens (tertiary/aromatic N) is 1. The van der Waals surface area contributed by atoms with E-state index in [9.17, 15) is 9.59 Å². The van der Waals surface area contributed by atoms with E-state index in [1.165, 1.54) is 0 Å². The fourth-order valence-corrected chi connectivity index (χ4v) is 2.89. The van der Waals surface area contributed by atoms with Crippen molar-refractivity contribution in [2.24, 2.45) is 0 Å². The average Bonchev–Trinajstić information content (AvgIpc) is 2.65. The minimum Gasteiger partial charge on any atom is -0.484 e. The molecule has 5 nitrogen and oxygen atoms in total. The summed E-state index contributed by atoms with van der Waals surface area (Å²) >= 11 is 2.21. The van der Waals surface area contributed by atoms with Crippen molar-refractivity contribution in [1.82, 2.24) is 10.2 Å². The molecule has 0 fully saturated rings. The van der Waals surface area contributed by atoms with Gasteiger partial charge in [-0.1, -0.05) is 30.3 Å². The summed E-state index contributed by atoms with van der Waals surface area (Å²) in [4.78, 5) is 26.8. The normalized spacial score (nSPS) is 11.7. The molecular weight excluding hydrogens is 455 g/mol. The van der Waals surface area contributed by atoms with Crippen LogP contribution >= 0.6 is 22.6 Å². The molecule has 1 N–H and O–H groups in total. The van der Waals surface area contributed by atoms with Gasteiger partial charge in [0.2, 0.25) is 5.91 Å². The summed E-state index contributed by atoms with van der Waals surface area (Å²) in [5.74, 6) is 0.218. The quantitative estimate of drug-likeness (QED) is 0.588. The van der Waals surface area contributed by atoms with Crippen molar-refractivity contribution in [2.45, 2.75) is 39.4 Å². The van der Waals surface area contributed by atoms with E-state index in [0.717, 1.165) is 9.13 Å². The van der Waals surface area contributed by atoms with E-state index >= 15 is 0 Å². The van der Waals surface area contributed by atoms with Gasteiger partial charge in [-0.25, -0.2) is 0 Å². The second kappa shape index (κ2) is 10.3. The lowest BCUT2D eigenvalue weighted by atomic mass is 10.1. The molecule has 0 saturated heterocycles. The molecule has 2 rings (SSSR count). The first-order chi connectivity index (χ1) is 12.9.